The van der Waals surface area contributed by atoms with Crippen LogP contribution in [0.4, 0.5) is 0 Å². The number of hydrogen-bond acceptors (Lipinski definition) is 6. The van der Waals surface area contributed by atoms with Crippen molar-refractivity contribution < 1.29 is 9.59 Å². The van der Waals surface area contributed by atoms with Gasteiger partial charge in [-0.15, -0.1) is 0 Å². The monoisotopic (exact) mass is 399 g/mol. The molecule has 1 aromatic heterocycles. The van der Waals surface area contributed by atoms with E-state index in [0.29, 0.717) is 13.0 Å². The van der Waals surface area contributed by atoms with Crippen LogP contribution in [0, 0.1) is 11.3 Å². The standard InChI is InChI=1S/C18H29N3O2.C4H4N2/c1-17(2,3)20-16(23)14-6-9-21(10-7-14)12-18(13-22)8-4-5-15(19)11-18;1-2-4-6-5-3-1/h4-5,8,13-14H,6-7,9-12,19H2,1-3H3,(H,20,23);1-4H. The average molecular weight is 400 g/mol. The molecule has 2 heterocycles. The molecule has 1 aliphatic heterocycles. The molecule has 1 atom stereocenters. The van der Waals surface area contributed by atoms with Crippen molar-refractivity contribution in [3.8, 4) is 0 Å². The van der Waals surface area contributed by atoms with Crippen LogP contribution in [-0.2, 0) is 9.59 Å². The lowest BCUT2D eigenvalue weighted by atomic mass is 9.80. The first kappa shape index (κ1) is 22.7. The Bertz CT molecular complexity index is 692. The van der Waals surface area contributed by atoms with Crippen LogP contribution in [0.5, 0.6) is 0 Å². The minimum absolute atomic E-state index is 0.0736. The number of likely N-dealkylation sites (tertiary alicyclic amines) is 1. The van der Waals surface area contributed by atoms with Gasteiger partial charge >= 0.3 is 0 Å². The fraction of sp³-hybridized carbons (Fsp3) is 0.545. The third kappa shape index (κ3) is 7.77. The first-order chi connectivity index (χ1) is 13.7. The number of allylic oxidation sites excluding steroid dienone is 3. The highest BCUT2D eigenvalue weighted by atomic mass is 16.2. The summed E-state index contributed by atoms with van der Waals surface area (Å²) in [5.74, 6) is 0.219. The number of nitrogens with two attached hydrogens (primary N) is 1. The summed E-state index contributed by atoms with van der Waals surface area (Å²) >= 11 is 0. The van der Waals surface area contributed by atoms with E-state index >= 15 is 0 Å². The maximum atomic E-state index is 12.3. The topological polar surface area (TPSA) is 101 Å². The Balaban J connectivity index is 0.000000426. The van der Waals surface area contributed by atoms with Gasteiger partial charge in [-0.05, 0) is 64.9 Å². The number of carbonyl (C=O) groups excluding carboxylic acids is 2. The highest BCUT2D eigenvalue weighted by molar-refractivity contribution is 5.79. The Labute approximate surface area is 173 Å². The predicted molar refractivity (Wildman–Crippen MR) is 114 cm³/mol. The lowest BCUT2D eigenvalue weighted by Crippen LogP contribution is -2.48. The van der Waals surface area contributed by atoms with E-state index in [1.54, 1.807) is 12.4 Å². The molecule has 3 N–H and O–H groups in total. The molecule has 7 heteroatoms. The molecule has 0 saturated carbocycles. The number of nitrogens with one attached hydrogen (secondary N) is 1. The highest BCUT2D eigenvalue weighted by Gasteiger charge is 2.34. The molecule has 29 heavy (non-hydrogen) atoms. The summed E-state index contributed by atoms with van der Waals surface area (Å²) in [7, 11) is 0. The highest BCUT2D eigenvalue weighted by Crippen LogP contribution is 2.30. The molecule has 0 radical (unpaired) electrons. The zero-order valence-corrected chi connectivity index (χ0v) is 17.7. The van der Waals surface area contributed by atoms with Crippen LogP contribution in [0.3, 0.4) is 0 Å². The summed E-state index contributed by atoms with van der Waals surface area (Å²) in [6.07, 6.45) is 12.2. The number of carbonyl (C=O) groups is 2. The van der Waals surface area contributed by atoms with Crippen LogP contribution in [0.15, 0.2) is 48.5 Å². The Morgan fingerprint density at radius 3 is 2.34 bits per heavy atom. The number of rotatable bonds is 4. The van der Waals surface area contributed by atoms with Crippen molar-refractivity contribution >= 4 is 12.2 Å². The lowest BCUT2D eigenvalue weighted by molar-refractivity contribution is -0.128. The van der Waals surface area contributed by atoms with E-state index in [9.17, 15) is 9.59 Å². The van der Waals surface area contributed by atoms with Crippen molar-refractivity contribution in [1.29, 1.82) is 0 Å². The number of piperidine rings is 1. The van der Waals surface area contributed by atoms with Gasteiger partial charge in [0.05, 0.1) is 5.41 Å². The third-order valence-corrected chi connectivity index (χ3v) is 4.96. The van der Waals surface area contributed by atoms with Crippen molar-refractivity contribution in [2.45, 2.75) is 45.6 Å². The lowest BCUT2D eigenvalue weighted by Gasteiger charge is -2.38. The second-order valence-electron chi connectivity index (χ2n) is 8.83. The molecule has 7 nitrogen and oxygen atoms in total. The molecule has 1 amide bonds. The molecule has 1 aliphatic carbocycles. The molecular weight excluding hydrogens is 366 g/mol. The van der Waals surface area contributed by atoms with Crippen LogP contribution in [-0.4, -0.2) is 52.5 Å². The Kier molecular flexibility index (Phi) is 8.08. The average Bonchev–Trinajstić information content (AvgIpc) is 2.69. The molecule has 1 unspecified atom stereocenters. The van der Waals surface area contributed by atoms with Crippen molar-refractivity contribution in [2.75, 3.05) is 19.6 Å². The Hall–Kier alpha value is -2.54. The SMILES string of the molecule is CC(C)(C)NC(=O)C1CCN(CC2(C=O)C=CC=C(N)C2)CC1.c1ccnnc1. The maximum absolute atomic E-state index is 12.3. The second kappa shape index (κ2) is 10.3. The molecule has 2 aliphatic rings. The molecule has 0 bridgehead atoms. The van der Waals surface area contributed by atoms with E-state index in [1.165, 1.54) is 0 Å². The summed E-state index contributed by atoms with van der Waals surface area (Å²) in [4.78, 5) is 26.1. The zero-order valence-electron chi connectivity index (χ0n) is 17.7. The van der Waals surface area contributed by atoms with Crippen LogP contribution >= 0.6 is 0 Å². The quantitative estimate of drug-likeness (QED) is 0.752. The van der Waals surface area contributed by atoms with Crippen molar-refractivity contribution in [3.05, 3.63) is 48.5 Å². The number of aldehydes is 1. The predicted octanol–water partition coefficient (Wildman–Crippen LogP) is 2.08. The molecule has 0 aromatic carbocycles. The fourth-order valence-corrected chi connectivity index (χ4v) is 3.58. The maximum Gasteiger partial charge on any atom is 0.223 e. The van der Waals surface area contributed by atoms with Crippen molar-refractivity contribution in [1.82, 2.24) is 20.4 Å². The van der Waals surface area contributed by atoms with E-state index in [2.05, 4.69) is 20.4 Å². The minimum Gasteiger partial charge on any atom is -0.402 e. The van der Waals surface area contributed by atoms with Gasteiger partial charge in [-0.1, -0.05) is 12.2 Å². The van der Waals surface area contributed by atoms with Crippen LogP contribution in [0.2, 0.25) is 0 Å². The van der Waals surface area contributed by atoms with Gasteiger partial charge in [-0.25, -0.2) is 0 Å². The van der Waals surface area contributed by atoms with Gasteiger partial charge in [0.25, 0.3) is 0 Å². The number of hydrogen-bond donors (Lipinski definition) is 2. The van der Waals surface area contributed by atoms with Gasteiger partial charge in [0.1, 0.15) is 6.29 Å². The van der Waals surface area contributed by atoms with Crippen LogP contribution in [0.25, 0.3) is 0 Å². The van der Waals surface area contributed by atoms with Crippen LogP contribution < -0.4 is 11.1 Å². The number of aromatic nitrogens is 2. The Morgan fingerprint density at radius 1 is 1.28 bits per heavy atom. The zero-order chi connectivity index (χ0) is 21.3. The normalized spacial score (nSPS) is 22.8. The summed E-state index contributed by atoms with van der Waals surface area (Å²) in [6.45, 7) is 8.36. The number of nitrogens with zero attached hydrogens (tertiary/aromatic N) is 3. The van der Waals surface area contributed by atoms with Gasteiger partial charge < -0.3 is 20.7 Å². The second-order valence-corrected chi connectivity index (χ2v) is 8.83. The third-order valence-electron chi connectivity index (χ3n) is 4.96. The minimum atomic E-state index is -0.515. The summed E-state index contributed by atoms with van der Waals surface area (Å²) in [5, 5.41) is 10.1. The van der Waals surface area contributed by atoms with Gasteiger partial charge in [0.15, 0.2) is 0 Å². The van der Waals surface area contributed by atoms with Crippen molar-refractivity contribution in [3.63, 3.8) is 0 Å². The van der Waals surface area contributed by atoms with E-state index in [4.69, 9.17) is 5.73 Å². The number of amides is 1. The summed E-state index contributed by atoms with van der Waals surface area (Å²) in [5.41, 5.74) is 5.94. The molecule has 1 fully saturated rings. The molecule has 1 aromatic rings. The van der Waals surface area contributed by atoms with Crippen molar-refractivity contribution in [2.24, 2.45) is 17.1 Å². The van der Waals surface area contributed by atoms with E-state index < -0.39 is 5.41 Å². The van der Waals surface area contributed by atoms with Gasteiger partial charge in [0, 0.05) is 42.5 Å². The molecule has 0 spiro atoms. The molecular formula is C22H33N5O2. The van der Waals surface area contributed by atoms with Gasteiger partial charge in [-0.2, -0.15) is 10.2 Å². The largest absolute Gasteiger partial charge is 0.402 e. The van der Waals surface area contributed by atoms with E-state index in [0.717, 1.165) is 37.9 Å². The van der Waals surface area contributed by atoms with E-state index in [1.807, 2.05) is 51.1 Å². The first-order valence-electron chi connectivity index (χ1n) is 10.1. The Morgan fingerprint density at radius 2 is 1.90 bits per heavy atom. The van der Waals surface area contributed by atoms with Gasteiger partial charge in [-0.3, -0.25) is 4.79 Å². The molecule has 1 saturated heterocycles. The smallest absolute Gasteiger partial charge is 0.223 e. The summed E-state index contributed by atoms with van der Waals surface area (Å²) in [6, 6.07) is 3.65. The van der Waals surface area contributed by atoms with Gasteiger partial charge in [0.2, 0.25) is 5.91 Å². The molecule has 3 rings (SSSR count). The fourth-order valence-electron chi connectivity index (χ4n) is 3.58. The summed E-state index contributed by atoms with van der Waals surface area (Å²) < 4.78 is 0. The molecule has 158 valence electrons. The first-order valence-corrected chi connectivity index (χ1v) is 10.1. The van der Waals surface area contributed by atoms with Crippen LogP contribution in [0.1, 0.15) is 40.0 Å². The van der Waals surface area contributed by atoms with E-state index in [-0.39, 0.29) is 17.4 Å².